The SMILES string of the molecule is Cc1cc(C)n(CC(=O)NC(C)c2nncn2C)n1. The topological polar surface area (TPSA) is 77.6 Å². The van der Waals surface area contributed by atoms with Gasteiger partial charge in [0.25, 0.3) is 0 Å². The number of nitrogens with one attached hydrogen (secondary N) is 1. The van der Waals surface area contributed by atoms with Crippen LogP contribution in [0.25, 0.3) is 0 Å². The largest absolute Gasteiger partial charge is 0.345 e. The zero-order valence-corrected chi connectivity index (χ0v) is 11.6. The Hall–Kier alpha value is -2.18. The van der Waals surface area contributed by atoms with Crippen molar-refractivity contribution in [2.45, 2.75) is 33.4 Å². The molecule has 0 radical (unpaired) electrons. The van der Waals surface area contributed by atoms with Gasteiger partial charge in [-0.25, -0.2) is 0 Å². The number of hydrogen-bond donors (Lipinski definition) is 1. The van der Waals surface area contributed by atoms with E-state index in [4.69, 9.17) is 0 Å². The summed E-state index contributed by atoms with van der Waals surface area (Å²) in [6, 6.07) is 1.76. The second kappa shape index (κ2) is 5.21. The molecule has 2 aromatic rings. The number of hydrogen-bond acceptors (Lipinski definition) is 4. The predicted octanol–water partition coefficient (Wildman–Crippen LogP) is 0.506. The molecule has 0 spiro atoms. The summed E-state index contributed by atoms with van der Waals surface area (Å²) in [7, 11) is 1.85. The quantitative estimate of drug-likeness (QED) is 0.870. The first-order valence-electron chi connectivity index (χ1n) is 6.11. The number of carbonyl (C=O) groups is 1. The first kappa shape index (κ1) is 13.3. The normalized spacial score (nSPS) is 12.4. The summed E-state index contributed by atoms with van der Waals surface area (Å²) in [6.45, 7) is 5.92. The fourth-order valence-electron chi connectivity index (χ4n) is 2.01. The molecule has 0 bridgehead atoms. The maximum atomic E-state index is 12.0. The summed E-state index contributed by atoms with van der Waals surface area (Å²) in [6.07, 6.45) is 1.61. The molecule has 2 aromatic heterocycles. The van der Waals surface area contributed by atoms with E-state index < -0.39 is 0 Å². The van der Waals surface area contributed by atoms with Crippen molar-refractivity contribution in [3.63, 3.8) is 0 Å². The summed E-state index contributed by atoms with van der Waals surface area (Å²) >= 11 is 0. The van der Waals surface area contributed by atoms with E-state index in [2.05, 4.69) is 20.6 Å². The van der Waals surface area contributed by atoms with Crippen molar-refractivity contribution >= 4 is 5.91 Å². The van der Waals surface area contributed by atoms with Gasteiger partial charge in [-0.15, -0.1) is 10.2 Å². The van der Waals surface area contributed by atoms with Gasteiger partial charge in [0.05, 0.1) is 11.7 Å². The highest BCUT2D eigenvalue weighted by atomic mass is 16.2. The molecule has 0 aliphatic rings. The van der Waals surface area contributed by atoms with Gasteiger partial charge in [0.2, 0.25) is 5.91 Å². The van der Waals surface area contributed by atoms with E-state index in [1.807, 2.05) is 33.9 Å². The Morgan fingerprint density at radius 2 is 2.21 bits per heavy atom. The maximum absolute atomic E-state index is 12.0. The zero-order chi connectivity index (χ0) is 14.0. The number of rotatable bonds is 4. The van der Waals surface area contributed by atoms with E-state index >= 15 is 0 Å². The molecule has 2 rings (SSSR count). The number of nitrogens with zero attached hydrogens (tertiary/aromatic N) is 5. The Kier molecular flexibility index (Phi) is 3.64. The lowest BCUT2D eigenvalue weighted by molar-refractivity contribution is -0.122. The van der Waals surface area contributed by atoms with Crippen molar-refractivity contribution in [2.75, 3.05) is 0 Å². The van der Waals surface area contributed by atoms with Crippen molar-refractivity contribution in [1.29, 1.82) is 0 Å². The molecule has 1 N–H and O–H groups in total. The minimum Gasteiger partial charge on any atom is -0.345 e. The van der Waals surface area contributed by atoms with Crippen molar-refractivity contribution in [3.05, 3.63) is 29.6 Å². The molecule has 19 heavy (non-hydrogen) atoms. The Morgan fingerprint density at radius 1 is 1.47 bits per heavy atom. The summed E-state index contributed by atoms with van der Waals surface area (Å²) in [5.74, 6) is 0.628. The fourth-order valence-corrected chi connectivity index (χ4v) is 2.01. The van der Waals surface area contributed by atoms with Crippen LogP contribution in [0.3, 0.4) is 0 Å². The Labute approximate surface area is 111 Å². The van der Waals surface area contributed by atoms with Crippen LogP contribution in [0, 0.1) is 13.8 Å². The van der Waals surface area contributed by atoms with Gasteiger partial charge in [0.1, 0.15) is 12.9 Å². The van der Waals surface area contributed by atoms with E-state index in [0.717, 1.165) is 17.2 Å². The van der Waals surface area contributed by atoms with E-state index in [-0.39, 0.29) is 18.5 Å². The van der Waals surface area contributed by atoms with Crippen molar-refractivity contribution in [1.82, 2.24) is 29.9 Å². The lowest BCUT2D eigenvalue weighted by Gasteiger charge is -2.13. The molecule has 0 aliphatic heterocycles. The van der Waals surface area contributed by atoms with Gasteiger partial charge in [-0.3, -0.25) is 9.48 Å². The number of amides is 1. The summed E-state index contributed by atoms with van der Waals surface area (Å²) < 4.78 is 3.47. The monoisotopic (exact) mass is 262 g/mol. The lowest BCUT2D eigenvalue weighted by Crippen LogP contribution is -2.32. The molecule has 2 heterocycles. The van der Waals surface area contributed by atoms with Crippen LogP contribution in [0.5, 0.6) is 0 Å². The highest BCUT2D eigenvalue weighted by Crippen LogP contribution is 2.07. The van der Waals surface area contributed by atoms with Crippen LogP contribution in [-0.2, 0) is 18.4 Å². The van der Waals surface area contributed by atoms with Crippen LogP contribution >= 0.6 is 0 Å². The van der Waals surface area contributed by atoms with E-state index in [9.17, 15) is 4.79 Å². The van der Waals surface area contributed by atoms with Gasteiger partial charge in [-0.1, -0.05) is 0 Å². The van der Waals surface area contributed by atoms with E-state index in [1.54, 1.807) is 15.6 Å². The maximum Gasteiger partial charge on any atom is 0.242 e. The number of carbonyl (C=O) groups excluding carboxylic acids is 1. The van der Waals surface area contributed by atoms with Crippen LogP contribution in [0.15, 0.2) is 12.4 Å². The molecule has 0 aliphatic carbocycles. The van der Waals surface area contributed by atoms with Crippen LogP contribution < -0.4 is 5.32 Å². The highest BCUT2D eigenvalue weighted by Gasteiger charge is 2.15. The average molecular weight is 262 g/mol. The Balaban J connectivity index is 1.98. The average Bonchev–Trinajstić information content (AvgIpc) is 2.85. The Bertz CT molecular complexity index is 585. The molecular formula is C12H18N6O. The molecule has 0 saturated heterocycles. The predicted molar refractivity (Wildman–Crippen MR) is 69.3 cm³/mol. The van der Waals surface area contributed by atoms with Crippen LogP contribution in [0.4, 0.5) is 0 Å². The van der Waals surface area contributed by atoms with Crippen LogP contribution in [-0.4, -0.2) is 30.5 Å². The van der Waals surface area contributed by atoms with E-state index in [1.165, 1.54) is 0 Å². The standard InChI is InChI=1S/C12H18N6O/c1-8-5-9(2)18(16-8)6-11(19)14-10(3)12-15-13-7-17(12)4/h5,7,10H,6H2,1-4H3,(H,14,19). The molecule has 7 nitrogen and oxygen atoms in total. The van der Waals surface area contributed by atoms with Gasteiger partial charge < -0.3 is 9.88 Å². The van der Waals surface area contributed by atoms with Crippen LogP contribution in [0.1, 0.15) is 30.2 Å². The molecule has 7 heteroatoms. The second-order valence-corrected chi connectivity index (χ2v) is 4.67. The van der Waals surface area contributed by atoms with Crippen molar-refractivity contribution in [3.8, 4) is 0 Å². The fraction of sp³-hybridized carbons (Fsp3) is 0.500. The number of aryl methyl sites for hydroxylation is 3. The first-order valence-corrected chi connectivity index (χ1v) is 6.11. The van der Waals surface area contributed by atoms with Gasteiger partial charge in [0, 0.05) is 12.7 Å². The Morgan fingerprint density at radius 3 is 2.74 bits per heavy atom. The van der Waals surface area contributed by atoms with Gasteiger partial charge in [0.15, 0.2) is 5.82 Å². The van der Waals surface area contributed by atoms with Gasteiger partial charge in [-0.05, 0) is 26.8 Å². The highest BCUT2D eigenvalue weighted by molar-refractivity contribution is 5.76. The lowest BCUT2D eigenvalue weighted by atomic mass is 10.3. The molecule has 0 saturated carbocycles. The molecular weight excluding hydrogens is 244 g/mol. The van der Waals surface area contributed by atoms with Crippen LogP contribution in [0.2, 0.25) is 0 Å². The molecule has 1 atom stereocenters. The smallest absolute Gasteiger partial charge is 0.242 e. The van der Waals surface area contributed by atoms with Crippen molar-refractivity contribution < 1.29 is 4.79 Å². The third kappa shape index (κ3) is 2.98. The molecule has 0 fully saturated rings. The minimum atomic E-state index is -0.183. The third-order valence-corrected chi connectivity index (χ3v) is 2.91. The van der Waals surface area contributed by atoms with Crippen molar-refractivity contribution in [2.24, 2.45) is 7.05 Å². The summed E-state index contributed by atoms with van der Waals surface area (Å²) in [4.78, 5) is 12.0. The van der Waals surface area contributed by atoms with Gasteiger partial charge in [-0.2, -0.15) is 5.10 Å². The summed E-state index contributed by atoms with van der Waals surface area (Å²) in [5.41, 5.74) is 1.88. The molecule has 1 amide bonds. The number of aromatic nitrogens is 5. The molecule has 0 aromatic carbocycles. The zero-order valence-electron chi connectivity index (χ0n) is 11.6. The third-order valence-electron chi connectivity index (χ3n) is 2.91. The first-order chi connectivity index (χ1) is 8.97. The van der Waals surface area contributed by atoms with E-state index in [0.29, 0.717) is 0 Å². The molecule has 1 unspecified atom stereocenters. The summed E-state index contributed by atoms with van der Waals surface area (Å²) in [5, 5.41) is 14.9. The van der Waals surface area contributed by atoms with Gasteiger partial charge >= 0.3 is 0 Å². The second-order valence-electron chi connectivity index (χ2n) is 4.67. The minimum absolute atomic E-state index is 0.0956. The molecule has 102 valence electrons.